The van der Waals surface area contributed by atoms with E-state index < -0.39 is 5.97 Å². The Bertz CT molecular complexity index is 630. The lowest BCUT2D eigenvalue weighted by atomic mass is 10.1. The molecule has 8 heteroatoms. The van der Waals surface area contributed by atoms with Crippen molar-refractivity contribution in [2.45, 2.75) is 6.42 Å². The van der Waals surface area contributed by atoms with Gasteiger partial charge in [0.1, 0.15) is 0 Å². The number of aromatic nitrogens is 2. The van der Waals surface area contributed by atoms with Gasteiger partial charge in [0, 0.05) is 29.8 Å². The molecule has 0 aliphatic heterocycles. The van der Waals surface area contributed by atoms with Crippen molar-refractivity contribution in [1.82, 2.24) is 15.5 Å². The third kappa shape index (κ3) is 5.99. The summed E-state index contributed by atoms with van der Waals surface area (Å²) in [6.07, 6.45) is 1.84. The fourth-order valence-electron chi connectivity index (χ4n) is 1.77. The van der Waals surface area contributed by atoms with Crippen LogP contribution in [0.1, 0.15) is 16.8 Å². The second-order valence-electron chi connectivity index (χ2n) is 4.59. The molecule has 0 fully saturated rings. The zero-order valence-corrected chi connectivity index (χ0v) is 14.0. The predicted molar refractivity (Wildman–Crippen MR) is 93.5 cm³/mol. The van der Waals surface area contributed by atoms with E-state index in [-0.39, 0.29) is 12.3 Å². The highest BCUT2D eigenvalue weighted by Crippen LogP contribution is 2.21. The molecule has 1 heterocycles. The van der Waals surface area contributed by atoms with Gasteiger partial charge in [-0.15, -0.1) is 0 Å². The summed E-state index contributed by atoms with van der Waals surface area (Å²) < 4.78 is 0. The number of carbonyl (C=O) groups is 2. The largest absolute Gasteiger partial charge is 0.481 e. The minimum atomic E-state index is -0.787. The summed E-state index contributed by atoms with van der Waals surface area (Å²) in [5, 5.41) is 18.1. The first-order valence-corrected chi connectivity index (χ1v) is 9.50. The molecule has 0 aliphatic carbocycles. The van der Waals surface area contributed by atoms with Crippen molar-refractivity contribution in [3.8, 4) is 11.3 Å². The van der Waals surface area contributed by atoms with Gasteiger partial charge in [0.25, 0.3) is 5.91 Å². The maximum Gasteiger partial charge on any atom is 0.304 e. The van der Waals surface area contributed by atoms with Crippen LogP contribution in [0.15, 0.2) is 36.5 Å². The van der Waals surface area contributed by atoms with Crippen LogP contribution in [-0.2, 0) is 4.79 Å². The summed E-state index contributed by atoms with van der Waals surface area (Å²) in [4.78, 5) is 22.3. The molecule has 1 amide bonds. The van der Waals surface area contributed by atoms with Crippen LogP contribution in [0.25, 0.3) is 11.3 Å². The normalized spacial score (nSPS) is 10.4. The Balaban J connectivity index is 1.68. The van der Waals surface area contributed by atoms with E-state index in [0.29, 0.717) is 17.9 Å². The van der Waals surface area contributed by atoms with Gasteiger partial charge in [0.15, 0.2) is 0 Å². The zero-order valence-electron chi connectivity index (χ0n) is 12.3. The number of aromatic amines is 1. The Kier molecular flexibility index (Phi) is 7.02. The van der Waals surface area contributed by atoms with Crippen LogP contribution in [0, 0.1) is 0 Å². The average Bonchev–Trinajstić information content (AvgIpc) is 3.08. The SMILES string of the molecule is O=C(O)CCSSCCNC(=O)c1ccc(-c2ccn[nH]2)cc1. The fourth-order valence-corrected chi connectivity index (χ4v) is 3.66. The van der Waals surface area contributed by atoms with Crippen molar-refractivity contribution in [3.63, 3.8) is 0 Å². The summed E-state index contributed by atoms with van der Waals surface area (Å²) in [6.45, 7) is 0.547. The average molecular weight is 351 g/mol. The Morgan fingerprint density at radius 2 is 1.87 bits per heavy atom. The van der Waals surface area contributed by atoms with Crippen molar-refractivity contribution in [2.24, 2.45) is 0 Å². The number of nitrogens with zero attached hydrogens (tertiary/aromatic N) is 1. The molecule has 0 saturated heterocycles. The smallest absolute Gasteiger partial charge is 0.304 e. The molecule has 0 radical (unpaired) electrons. The molecule has 3 N–H and O–H groups in total. The molecule has 1 aromatic heterocycles. The molecule has 0 saturated carbocycles. The first-order valence-electron chi connectivity index (χ1n) is 7.01. The topological polar surface area (TPSA) is 95.1 Å². The standard InChI is InChI=1S/C15H17N3O3S2/c19-14(20)6-9-22-23-10-8-16-15(21)12-3-1-11(2-4-12)13-5-7-17-18-13/h1-5,7H,6,8-10H2,(H,16,21)(H,17,18)(H,19,20). The third-order valence-corrected chi connectivity index (χ3v) is 5.32. The van der Waals surface area contributed by atoms with E-state index in [0.717, 1.165) is 17.0 Å². The van der Waals surface area contributed by atoms with Crippen molar-refractivity contribution >= 4 is 33.5 Å². The molecule has 0 aliphatic rings. The van der Waals surface area contributed by atoms with Gasteiger partial charge in [-0.05, 0) is 23.8 Å². The van der Waals surface area contributed by atoms with Gasteiger partial charge in [-0.25, -0.2) is 0 Å². The van der Waals surface area contributed by atoms with Gasteiger partial charge < -0.3 is 10.4 Å². The zero-order chi connectivity index (χ0) is 16.5. The van der Waals surface area contributed by atoms with Crippen LogP contribution in [-0.4, -0.2) is 45.2 Å². The minimum absolute atomic E-state index is 0.114. The van der Waals surface area contributed by atoms with Crippen LogP contribution in [0.3, 0.4) is 0 Å². The van der Waals surface area contributed by atoms with E-state index in [9.17, 15) is 9.59 Å². The van der Waals surface area contributed by atoms with Gasteiger partial charge in [-0.1, -0.05) is 33.7 Å². The summed E-state index contributed by atoms with van der Waals surface area (Å²) in [5.74, 6) is 0.410. The Hall–Kier alpha value is -1.93. The lowest BCUT2D eigenvalue weighted by Crippen LogP contribution is -2.25. The van der Waals surface area contributed by atoms with Gasteiger partial charge in [0.05, 0.1) is 12.1 Å². The summed E-state index contributed by atoms with van der Waals surface area (Å²) in [6, 6.07) is 9.17. The van der Waals surface area contributed by atoms with E-state index in [2.05, 4.69) is 15.5 Å². The van der Waals surface area contributed by atoms with Crippen molar-refractivity contribution in [3.05, 3.63) is 42.1 Å². The van der Waals surface area contributed by atoms with Gasteiger partial charge in [-0.3, -0.25) is 14.7 Å². The Morgan fingerprint density at radius 1 is 1.13 bits per heavy atom. The highest BCUT2D eigenvalue weighted by Gasteiger charge is 2.06. The van der Waals surface area contributed by atoms with Crippen LogP contribution in [0.5, 0.6) is 0 Å². The molecule has 0 unspecified atom stereocenters. The summed E-state index contributed by atoms with van der Waals surface area (Å²) >= 11 is 0. The number of hydrogen-bond donors (Lipinski definition) is 3. The first kappa shape index (κ1) is 17.4. The summed E-state index contributed by atoms with van der Waals surface area (Å²) in [5.41, 5.74) is 2.49. The second-order valence-corrected chi connectivity index (χ2v) is 7.29. The van der Waals surface area contributed by atoms with E-state index in [1.807, 2.05) is 18.2 Å². The number of H-pyrrole nitrogens is 1. The molecule has 23 heavy (non-hydrogen) atoms. The number of hydrogen-bond acceptors (Lipinski definition) is 5. The van der Waals surface area contributed by atoms with Crippen LogP contribution < -0.4 is 5.32 Å². The number of aliphatic carboxylic acids is 1. The molecule has 122 valence electrons. The molecular weight excluding hydrogens is 334 g/mol. The fraction of sp³-hybridized carbons (Fsp3) is 0.267. The molecule has 1 aromatic carbocycles. The van der Waals surface area contributed by atoms with E-state index in [1.54, 1.807) is 29.1 Å². The number of nitrogens with one attached hydrogen (secondary N) is 2. The first-order chi connectivity index (χ1) is 11.2. The van der Waals surface area contributed by atoms with Crippen LogP contribution in [0.4, 0.5) is 0 Å². The van der Waals surface area contributed by atoms with E-state index in [4.69, 9.17) is 5.11 Å². The second kappa shape index (κ2) is 9.26. The maximum atomic E-state index is 12.0. The van der Waals surface area contributed by atoms with Gasteiger partial charge in [0.2, 0.25) is 0 Å². The van der Waals surface area contributed by atoms with Gasteiger partial charge >= 0.3 is 5.97 Å². The highest BCUT2D eigenvalue weighted by molar-refractivity contribution is 8.76. The Morgan fingerprint density at radius 3 is 2.52 bits per heavy atom. The molecule has 2 aromatic rings. The number of carboxylic acids is 1. The monoisotopic (exact) mass is 351 g/mol. The molecule has 0 spiro atoms. The van der Waals surface area contributed by atoms with Crippen molar-refractivity contribution in [1.29, 1.82) is 0 Å². The molecule has 0 atom stereocenters. The van der Waals surface area contributed by atoms with Crippen molar-refractivity contribution in [2.75, 3.05) is 18.1 Å². The summed E-state index contributed by atoms with van der Waals surface area (Å²) in [7, 11) is 3.07. The van der Waals surface area contributed by atoms with Crippen molar-refractivity contribution < 1.29 is 14.7 Å². The predicted octanol–water partition coefficient (Wildman–Crippen LogP) is 2.66. The van der Waals surface area contributed by atoms with E-state index in [1.165, 1.54) is 10.8 Å². The van der Waals surface area contributed by atoms with Gasteiger partial charge in [-0.2, -0.15) is 5.10 Å². The number of rotatable bonds is 9. The lowest BCUT2D eigenvalue weighted by molar-refractivity contribution is -0.136. The number of amides is 1. The van der Waals surface area contributed by atoms with Crippen LogP contribution >= 0.6 is 21.6 Å². The molecular formula is C15H17N3O3S2. The number of benzene rings is 1. The minimum Gasteiger partial charge on any atom is -0.481 e. The lowest BCUT2D eigenvalue weighted by Gasteiger charge is -2.05. The molecule has 6 nitrogen and oxygen atoms in total. The number of carboxylic acid groups (broad SMARTS) is 1. The molecule has 0 bridgehead atoms. The Labute approximate surface area is 141 Å². The maximum absolute atomic E-state index is 12.0. The highest BCUT2D eigenvalue weighted by atomic mass is 33.1. The quantitative estimate of drug-likeness (QED) is 0.475. The number of carbonyl (C=O) groups excluding carboxylic acids is 1. The van der Waals surface area contributed by atoms with E-state index >= 15 is 0 Å². The third-order valence-electron chi connectivity index (χ3n) is 2.91. The van der Waals surface area contributed by atoms with Crippen LogP contribution in [0.2, 0.25) is 0 Å². The molecule has 2 rings (SSSR count).